The van der Waals surface area contributed by atoms with Crippen molar-refractivity contribution < 1.29 is 22.4 Å². The summed E-state index contributed by atoms with van der Waals surface area (Å²) in [6, 6.07) is 50.1. The van der Waals surface area contributed by atoms with Gasteiger partial charge in [-0.3, -0.25) is 9.97 Å². The van der Waals surface area contributed by atoms with Crippen molar-refractivity contribution in [2.75, 3.05) is 0 Å². The molecule has 0 spiro atoms. The number of H-pyrrole nitrogens is 1. The molecular weight excluding hydrogens is 759 g/mol. The molecule has 9 rings (SSSR count). The number of rotatable bonds is 4. The summed E-state index contributed by atoms with van der Waals surface area (Å²) in [5, 5.41) is 0. The summed E-state index contributed by atoms with van der Waals surface area (Å²) in [5.41, 5.74) is 11.1. The molecule has 0 unspecified atom stereocenters. The zero-order valence-electron chi connectivity index (χ0n) is 25.8. The molecule has 6 heteroatoms. The van der Waals surface area contributed by atoms with Gasteiger partial charge in [0.25, 0.3) is 0 Å². The third-order valence-corrected chi connectivity index (χ3v) is 9.55. The molecule has 1 aliphatic rings. The largest absolute Gasteiger partial charge is 0.434 e. The van der Waals surface area contributed by atoms with E-state index >= 15 is 0 Å². The van der Waals surface area contributed by atoms with Crippen molar-refractivity contribution in [2.24, 2.45) is 0 Å². The number of nitrogens with one attached hydrogen (secondary N) is 1. The van der Waals surface area contributed by atoms with Gasteiger partial charge in [-0.05, 0) is 63.4 Å². The molecule has 3 aromatic heterocycles. The molecule has 5 nitrogen and oxygen atoms in total. The Kier molecular flexibility index (Phi) is 6.88. The first kappa shape index (κ1) is 29.3. The number of imidazole rings is 2. The maximum Gasteiger partial charge on any atom is 0.0768 e. The van der Waals surface area contributed by atoms with E-state index in [0.29, 0.717) is 5.82 Å². The van der Waals surface area contributed by atoms with Gasteiger partial charge in [-0.1, -0.05) is 105 Å². The molecule has 0 atom stereocenters. The van der Waals surface area contributed by atoms with Crippen LogP contribution in [-0.2, 0) is 33.2 Å². The van der Waals surface area contributed by atoms with Crippen molar-refractivity contribution in [3.8, 4) is 22.9 Å². The van der Waals surface area contributed by atoms with Gasteiger partial charge >= 0.3 is 0 Å². The molecule has 0 fully saturated rings. The zero-order chi connectivity index (χ0) is 30.9. The third-order valence-electron chi connectivity index (χ3n) is 9.55. The predicted molar refractivity (Wildman–Crippen MR) is 183 cm³/mol. The summed E-state index contributed by atoms with van der Waals surface area (Å²) in [4.78, 5) is 23.6. The van der Waals surface area contributed by atoms with Crippen molar-refractivity contribution in [2.45, 2.75) is 24.7 Å². The van der Waals surface area contributed by atoms with Crippen LogP contribution in [0.3, 0.4) is 0 Å². The normalized spacial score (nSPS) is 14.3. The van der Waals surface area contributed by atoms with E-state index in [2.05, 4.69) is 110 Å². The number of aromatic amines is 1. The molecule has 0 aliphatic heterocycles. The van der Waals surface area contributed by atoms with Crippen LogP contribution in [0.15, 0.2) is 133 Å². The molecular formula is C41H29AuN5-2. The van der Waals surface area contributed by atoms with Gasteiger partial charge < -0.3 is 15.0 Å². The third kappa shape index (κ3) is 4.39. The summed E-state index contributed by atoms with van der Waals surface area (Å²) in [6.45, 7) is 4.63. The minimum absolute atomic E-state index is 0. The first-order chi connectivity index (χ1) is 22.5. The topological polar surface area (TPSA) is 68.6 Å². The molecule has 3 heterocycles. The second kappa shape index (κ2) is 11.0. The fraction of sp³-hybridized carbons (Fsp3) is 0.0976. The first-order valence-electron chi connectivity index (χ1n) is 15.6. The van der Waals surface area contributed by atoms with Crippen LogP contribution in [0.2, 0.25) is 0 Å². The molecule has 231 valence electrons. The summed E-state index contributed by atoms with van der Waals surface area (Å²) in [7, 11) is 0. The molecule has 1 aliphatic carbocycles. The number of para-hydroxylation sites is 4. The van der Waals surface area contributed by atoms with Crippen LogP contribution >= 0.6 is 0 Å². The molecule has 0 bridgehead atoms. The van der Waals surface area contributed by atoms with Crippen molar-refractivity contribution in [1.29, 1.82) is 0 Å². The van der Waals surface area contributed by atoms with Crippen molar-refractivity contribution in [3.63, 3.8) is 0 Å². The van der Waals surface area contributed by atoms with Crippen LogP contribution in [0, 0.1) is 6.07 Å². The first-order valence-corrected chi connectivity index (χ1v) is 15.6. The van der Waals surface area contributed by atoms with Crippen LogP contribution in [0.4, 0.5) is 0 Å². The monoisotopic (exact) mass is 788 g/mol. The van der Waals surface area contributed by atoms with E-state index in [-0.39, 0.29) is 27.8 Å². The van der Waals surface area contributed by atoms with Gasteiger partial charge in [-0.25, -0.2) is 0 Å². The summed E-state index contributed by atoms with van der Waals surface area (Å²) in [6.07, 6.45) is 0. The number of fused-ring (bicyclic) bond motifs is 4. The van der Waals surface area contributed by atoms with E-state index in [4.69, 9.17) is 19.9 Å². The van der Waals surface area contributed by atoms with Gasteiger partial charge in [-0.2, -0.15) is 0 Å². The quantitative estimate of drug-likeness (QED) is 0.143. The molecule has 0 saturated heterocycles. The van der Waals surface area contributed by atoms with Crippen molar-refractivity contribution in [3.05, 3.63) is 173 Å². The smallest absolute Gasteiger partial charge is 0.0768 e. The maximum atomic E-state index is 5.42. The Hall–Kier alpha value is -5.07. The Morgan fingerprint density at radius 1 is 0.596 bits per heavy atom. The number of aromatic nitrogens is 5. The second-order valence-corrected chi connectivity index (χ2v) is 12.5. The summed E-state index contributed by atoms with van der Waals surface area (Å²) < 4.78 is 0. The number of hydrogen-bond donors (Lipinski definition) is 1. The van der Waals surface area contributed by atoms with E-state index < -0.39 is 5.41 Å². The molecule has 1 N–H and O–H groups in total. The minimum Gasteiger partial charge on any atom is -0.434 e. The molecule has 5 aromatic carbocycles. The minimum atomic E-state index is -0.771. The van der Waals surface area contributed by atoms with Crippen LogP contribution in [0.25, 0.3) is 45.0 Å². The predicted octanol–water partition coefficient (Wildman–Crippen LogP) is 8.62. The SMILES string of the molecule is CC1(C)c2ccccc2C(c2[c-]c(-c3nc4ccccc4[nH]3)ccc2)(c2cccc(-c3nc4ccccc4[n-]3)n2)c2ccccc21.[Au]. The van der Waals surface area contributed by atoms with Gasteiger partial charge in [0, 0.05) is 27.8 Å². The Bertz CT molecular complexity index is 2200. The van der Waals surface area contributed by atoms with E-state index in [9.17, 15) is 0 Å². The Labute approximate surface area is 288 Å². The van der Waals surface area contributed by atoms with Crippen LogP contribution in [-0.4, -0.2) is 19.9 Å². The summed E-state index contributed by atoms with van der Waals surface area (Å²) >= 11 is 0. The van der Waals surface area contributed by atoms with E-state index in [1.54, 1.807) is 0 Å². The van der Waals surface area contributed by atoms with E-state index in [0.717, 1.165) is 50.4 Å². The fourth-order valence-electron chi connectivity index (χ4n) is 7.40. The van der Waals surface area contributed by atoms with Gasteiger partial charge in [0.2, 0.25) is 0 Å². The maximum absolute atomic E-state index is 5.42. The van der Waals surface area contributed by atoms with Gasteiger partial charge in [0.05, 0.1) is 33.7 Å². The molecule has 0 saturated carbocycles. The average Bonchev–Trinajstić information content (AvgIpc) is 3.74. The van der Waals surface area contributed by atoms with Crippen molar-refractivity contribution in [1.82, 2.24) is 24.9 Å². The van der Waals surface area contributed by atoms with E-state index in [1.165, 1.54) is 22.3 Å². The fourth-order valence-corrected chi connectivity index (χ4v) is 7.40. The molecule has 47 heavy (non-hydrogen) atoms. The number of hydrogen-bond acceptors (Lipinski definition) is 3. The molecule has 8 aromatic rings. The standard InChI is InChI=1S/C41H29N5.Au/c1-40(2)28-15-3-5-17-30(28)41(31-18-6-4-16-29(31)40,27-14-11-13-26(25-27)38-43-32-19-7-8-20-33(32)44-38)37-24-12-23-36(42-37)39-45-34-21-9-10-22-35(34)46-39;/h3-24H,1-2H3,(H-,43,44,45,46);/q-2;. The Balaban J connectivity index is 0.00000324. The second-order valence-electron chi connectivity index (χ2n) is 12.5. The average molecular weight is 789 g/mol. The van der Waals surface area contributed by atoms with Crippen molar-refractivity contribution >= 4 is 22.1 Å². The van der Waals surface area contributed by atoms with Gasteiger partial charge in [0.1, 0.15) is 0 Å². The number of pyridine rings is 1. The van der Waals surface area contributed by atoms with Gasteiger partial charge in [0.15, 0.2) is 0 Å². The number of nitrogens with zero attached hydrogens (tertiary/aromatic N) is 4. The summed E-state index contributed by atoms with van der Waals surface area (Å²) in [5.74, 6) is 1.41. The van der Waals surface area contributed by atoms with Crippen LogP contribution in [0.5, 0.6) is 0 Å². The molecule has 0 amide bonds. The van der Waals surface area contributed by atoms with Crippen LogP contribution in [0.1, 0.15) is 47.4 Å². The van der Waals surface area contributed by atoms with E-state index in [1.807, 2.05) is 48.5 Å². The Morgan fingerprint density at radius 2 is 1.23 bits per heavy atom. The zero-order valence-corrected chi connectivity index (χ0v) is 28.0. The Morgan fingerprint density at radius 3 is 1.96 bits per heavy atom. The number of benzene rings is 5. The van der Waals surface area contributed by atoms with Gasteiger partial charge in [-0.15, -0.1) is 35.4 Å². The van der Waals surface area contributed by atoms with Crippen LogP contribution < -0.4 is 4.98 Å². The molecule has 1 radical (unpaired) electrons.